The van der Waals surface area contributed by atoms with Gasteiger partial charge in [0, 0.05) is 12.4 Å². The molecule has 2 aromatic rings. The van der Waals surface area contributed by atoms with Gasteiger partial charge in [-0.3, -0.25) is 0 Å². The Morgan fingerprint density at radius 3 is 2.82 bits per heavy atom. The zero-order chi connectivity index (χ0) is 8.10. The number of hydrogen-bond donors (Lipinski definition) is 0. The highest BCUT2D eigenvalue weighted by Gasteiger charge is 1.88. The lowest BCUT2D eigenvalue weighted by Gasteiger charge is -1.83. The molecule has 4 heteroatoms. The van der Waals surface area contributed by atoms with E-state index in [1.54, 1.807) is 16.9 Å². The molecular formula is C7H10N4. The van der Waals surface area contributed by atoms with Crippen LogP contribution >= 0.6 is 0 Å². The Bertz CT molecular complexity index is 284. The lowest BCUT2D eigenvalue weighted by Crippen LogP contribution is -1.86. The zero-order valence-electron chi connectivity index (χ0n) is 6.60. The number of hydrogen-bond acceptors (Lipinski definition) is 3. The standard InChI is InChI=1S/C5H4N4.C2H6/c1-2-6-5-7-4-8-9(5)3-1;1-2/h1-4H;1-2H3. The fourth-order valence-electron chi connectivity index (χ4n) is 0.671. The van der Waals surface area contributed by atoms with Gasteiger partial charge in [-0.05, 0) is 6.07 Å². The fourth-order valence-corrected chi connectivity index (χ4v) is 0.671. The van der Waals surface area contributed by atoms with E-state index in [0.29, 0.717) is 5.78 Å². The third-order valence-electron chi connectivity index (χ3n) is 1.06. The third-order valence-corrected chi connectivity index (χ3v) is 1.06. The molecule has 0 aliphatic heterocycles. The van der Waals surface area contributed by atoms with Crippen LogP contribution in [0.2, 0.25) is 0 Å². The minimum Gasteiger partial charge on any atom is -0.220 e. The summed E-state index contributed by atoms with van der Waals surface area (Å²) < 4.78 is 1.61. The highest BCUT2D eigenvalue weighted by atomic mass is 15.3. The number of fused-ring (bicyclic) bond motifs is 1. The van der Waals surface area contributed by atoms with Crippen LogP contribution in [-0.2, 0) is 0 Å². The molecule has 0 aromatic carbocycles. The predicted octanol–water partition coefficient (Wildman–Crippen LogP) is 1.15. The number of aromatic nitrogens is 4. The highest BCUT2D eigenvalue weighted by Crippen LogP contribution is 1.87. The first-order chi connectivity index (χ1) is 5.47. The third kappa shape index (κ3) is 1.52. The molecule has 4 nitrogen and oxygen atoms in total. The maximum Gasteiger partial charge on any atom is 0.252 e. The van der Waals surface area contributed by atoms with Crippen molar-refractivity contribution in [2.45, 2.75) is 13.8 Å². The summed E-state index contributed by atoms with van der Waals surface area (Å²) in [6.07, 6.45) is 4.96. The van der Waals surface area contributed by atoms with E-state index in [4.69, 9.17) is 0 Å². The zero-order valence-corrected chi connectivity index (χ0v) is 6.60. The molecule has 2 rings (SSSR count). The van der Waals surface area contributed by atoms with E-state index in [2.05, 4.69) is 15.1 Å². The van der Waals surface area contributed by atoms with Gasteiger partial charge in [-0.1, -0.05) is 13.8 Å². The molecule has 0 spiro atoms. The second-order valence-corrected chi connectivity index (χ2v) is 1.62. The van der Waals surface area contributed by atoms with Crippen molar-refractivity contribution in [1.82, 2.24) is 19.6 Å². The average Bonchev–Trinajstić information content (AvgIpc) is 2.55. The minimum absolute atomic E-state index is 0.637. The summed E-state index contributed by atoms with van der Waals surface area (Å²) in [7, 11) is 0. The van der Waals surface area contributed by atoms with Crippen molar-refractivity contribution >= 4 is 5.78 Å². The van der Waals surface area contributed by atoms with Crippen molar-refractivity contribution in [3.63, 3.8) is 0 Å². The second-order valence-electron chi connectivity index (χ2n) is 1.62. The van der Waals surface area contributed by atoms with Gasteiger partial charge < -0.3 is 0 Å². The Hall–Kier alpha value is -1.45. The normalized spacial score (nSPS) is 8.91. The SMILES string of the molecule is CC.c1cnc2ncnn2c1. The molecule has 0 unspecified atom stereocenters. The molecule has 0 saturated carbocycles. The molecule has 0 atom stereocenters. The van der Waals surface area contributed by atoms with Gasteiger partial charge in [-0.15, -0.1) is 0 Å². The molecule has 2 aromatic heterocycles. The van der Waals surface area contributed by atoms with Crippen LogP contribution in [0.5, 0.6) is 0 Å². The largest absolute Gasteiger partial charge is 0.252 e. The van der Waals surface area contributed by atoms with Crippen LogP contribution in [0.15, 0.2) is 24.8 Å². The summed E-state index contributed by atoms with van der Waals surface area (Å²) in [5, 5.41) is 3.86. The molecule has 0 bridgehead atoms. The highest BCUT2D eigenvalue weighted by molar-refractivity contribution is 5.21. The van der Waals surface area contributed by atoms with E-state index in [1.165, 1.54) is 6.33 Å². The van der Waals surface area contributed by atoms with Crippen molar-refractivity contribution < 1.29 is 0 Å². The average molecular weight is 150 g/mol. The Balaban J connectivity index is 0.000000281. The molecule has 0 radical (unpaired) electrons. The van der Waals surface area contributed by atoms with Gasteiger partial charge in [0.25, 0.3) is 5.78 Å². The van der Waals surface area contributed by atoms with Gasteiger partial charge in [0.1, 0.15) is 6.33 Å². The summed E-state index contributed by atoms with van der Waals surface area (Å²) in [6, 6.07) is 1.81. The van der Waals surface area contributed by atoms with Crippen LogP contribution in [0, 0.1) is 0 Å². The Labute approximate surface area is 64.9 Å². The van der Waals surface area contributed by atoms with Crippen LogP contribution in [0.1, 0.15) is 13.8 Å². The van der Waals surface area contributed by atoms with Gasteiger partial charge in [0.15, 0.2) is 0 Å². The smallest absolute Gasteiger partial charge is 0.220 e. The quantitative estimate of drug-likeness (QED) is 0.565. The molecule has 58 valence electrons. The van der Waals surface area contributed by atoms with Crippen molar-refractivity contribution in [3.05, 3.63) is 24.8 Å². The number of nitrogens with zero attached hydrogens (tertiary/aromatic N) is 4. The van der Waals surface area contributed by atoms with E-state index >= 15 is 0 Å². The van der Waals surface area contributed by atoms with Gasteiger partial charge in [-0.2, -0.15) is 10.1 Å². The minimum atomic E-state index is 0.637. The second kappa shape index (κ2) is 3.65. The van der Waals surface area contributed by atoms with Crippen LogP contribution in [0.25, 0.3) is 5.78 Å². The van der Waals surface area contributed by atoms with E-state index in [0.717, 1.165) is 0 Å². The van der Waals surface area contributed by atoms with E-state index < -0.39 is 0 Å². The molecule has 11 heavy (non-hydrogen) atoms. The van der Waals surface area contributed by atoms with E-state index in [9.17, 15) is 0 Å². The van der Waals surface area contributed by atoms with Crippen molar-refractivity contribution in [2.24, 2.45) is 0 Å². The van der Waals surface area contributed by atoms with Gasteiger partial charge in [0.2, 0.25) is 0 Å². The maximum atomic E-state index is 3.93. The summed E-state index contributed by atoms with van der Waals surface area (Å²) >= 11 is 0. The maximum absolute atomic E-state index is 3.93. The van der Waals surface area contributed by atoms with Crippen molar-refractivity contribution in [3.8, 4) is 0 Å². The molecule has 0 aliphatic carbocycles. The Morgan fingerprint density at radius 2 is 2.09 bits per heavy atom. The topological polar surface area (TPSA) is 43.1 Å². The van der Waals surface area contributed by atoms with Crippen LogP contribution in [0.3, 0.4) is 0 Å². The first-order valence-electron chi connectivity index (χ1n) is 3.57. The van der Waals surface area contributed by atoms with E-state index in [-0.39, 0.29) is 0 Å². The van der Waals surface area contributed by atoms with Gasteiger partial charge in [0.05, 0.1) is 0 Å². The Kier molecular flexibility index (Phi) is 2.54. The molecule has 2 heterocycles. The van der Waals surface area contributed by atoms with Crippen LogP contribution < -0.4 is 0 Å². The first kappa shape index (κ1) is 7.65. The summed E-state index contributed by atoms with van der Waals surface area (Å²) in [5.74, 6) is 0.637. The molecule has 0 fully saturated rings. The summed E-state index contributed by atoms with van der Waals surface area (Å²) in [5.41, 5.74) is 0. The fraction of sp³-hybridized carbons (Fsp3) is 0.286. The molecule has 0 amide bonds. The summed E-state index contributed by atoms with van der Waals surface area (Å²) in [4.78, 5) is 7.79. The molecule has 0 N–H and O–H groups in total. The molecule has 0 aliphatic rings. The molecular weight excluding hydrogens is 140 g/mol. The van der Waals surface area contributed by atoms with Gasteiger partial charge in [-0.25, -0.2) is 9.50 Å². The van der Waals surface area contributed by atoms with Crippen LogP contribution in [-0.4, -0.2) is 19.6 Å². The Morgan fingerprint density at radius 1 is 1.27 bits per heavy atom. The lowest BCUT2D eigenvalue weighted by molar-refractivity contribution is 0.939. The van der Waals surface area contributed by atoms with Crippen molar-refractivity contribution in [2.75, 3.05) is 0 Å². The molecule has 0 saturated heterocycles. The number of rotatable bonds is 0. The first-order valence-corrected chi connectivity index (χ1v) is 3.57. The van der Waals surface area contributed by atoms with Crippen LogP contribution in [0.4, 0.5) is 0 Å². The van der Waals surface area contributed by atoms with Gasteiger partial charge >= 0.3 is 0 Å². The monoisotopic (exact) mass is 150 g/mol. The lowest BCUT2D eigenvalue weighted by atomic mass is 10.7. The van der Waals surface area contributed by atoms with E-state index in [1.807, 2.05) is 19.9 Å². The predicted molar refractivity (Wildman–Crippen MR) is 42.1 cm³/mol. The summed E-state index contributed by atoms with van der Waals surface area (Å²) in [6.45, 7) is 4.00. The van der Waals surface area contributed by atoms with Crippen molar-refractivity contribution in [1.29, 1.82) is 0 Å².